The summed E-state index contributed by atoms with van der Waals surface area (Å²) in [7, 11) is 5.47. The molecule has 0 aliphatic heterocycles. The van der Waals surface area contributed by atoms with Crippen LogP contribution >= 0.6 is 0 Å². The SMILES string of the molecule is [B]C(C)C(=O)c1ccc(NC(=O)c2c(F)cccc2F)nc1. The molecule has 4 nitrogen and oxygen atoms in total. The van der Waals surface area contributed by atoms with Crippen LogP contribution in [0.15, 0.2) is 36.5 Å². The number of aromatic nitrogens is 1. The van der Waals surface area contributed by atoms with Crippen LogP contribution in [0.4, 0.5) is 14.6 Å². The first-order valence-electron chi connectivity index (χ1n) is 6.41. The van der Waals surface area contributed by atoms with Gasteiger partial charge in [0.1, 0.15) is 23.0 Å². The smallest absolute Gasteiger partial charge is 0.262 e. The van der Waals surface area contributed by atoms with Crippen molar-refractivity contribution in [3.8, 4) is 0 Å². The molecule has 2 radical (unpaired) electrons. The predicted octanol–water partition coefficient (Wildman–Crippen LogP) is 2.77. The molecule has 0 aliphatic rings. The van der Waals surface area contributed by atoms with Crippen LogP contribution in [-0.2, 0) is 0 Å². The lowest BCUT2D eigenvalue weighted by Crippen LogP contribution is -2.17. The molecule has 7 heteroatoms. The number of pyridine rings is 1. The molecule has 22 heavy (non-hydrogen) atoms. The summed E-state index contributed by atoms with van der Waals surface area (Å²) in [6.45, 7) is 1.54. The zero-order valence-corrected chi connectivity index (χ0v) is 11.6. The van der Waals surface area contributed by atoms with E-state index in [0.29, 0.717) is 0 Å². The molecule has 1 heterocycles. The van der Waals surface area contributed by atoms with Gasteiger partial charge in [0.15, 0.2) is 5.78 Å². The van der Waals surface area contributed by atoms with Gasteiger partial charge in [0.25, 0.3) is 5.91 Å². The second-order valence-corrected chi connectivity index (χ2v) is 4.64. The molecule has 0 aliphatic carbocycles. The second kappa shape index (κ2) is 6.47. The van der Waals surface area contributed by atoms with Gasteiger partial charge in [0, 0.05) is 11.8 Å². The summed E-state index contributed by atoms with van der Waals surface area (Å²) < 4.78 is 27.0. The molecule has 0 spiro atoms. The van der Waals surface area contributed by atoms with Gasteiger partial charge < -0.3 is 5.32 Å². The van der Waals surface area contributed by atoms with Crippen molar-refractivity contribution >= 4 is 25.4 Å². The highest BCUT2D eigenvalue weighted by Crippen LogP contribution is 2.15. The molecule has 1 amide bonds. The fourth-order valence-corrected chi connectivity index (χ4v) is 1.77. The standard InChI is InChI=1S/C15H11BF2N2O2/c1-8(16)14(21)9-5-6-12(19-7-9)20-15(22)13-10(17)3-2-4-11(13)18/h2-8H,1H3,(H,19,20,22). The van der Waals surface area contributed by atoms with Crippen LogP contribution in [0.5, 0.6) is 0 Å². The first kappa shape index (κ1) is 15.8. The Morgan fingerprint density at radius 2 is 1.82 bits per heavy atom. The number of carbonyl (C=O) groups excluding carboxylic acids is 2. The van der Waals surface area contributed by atoms with E-state index in [0.717, 1.165) is 18.2 Å². The van der Waals surface area contributed by atoms with Crippen molar-refractivity contribution in [2.75, 3.05) is 5.32 Å². The Balaban J connectivity index is 2.18. The number of nitrogens with zero attached hydrogens (tertiary/aromatic N) is 1. The zero-order valence-electron chi connectivity index (χ0n) is 11.6. The third kappa shape index (κ3) is 3.36. The van der Waals surface area contributed by atoms with Crippen LogP contribution in [0.2, 0.25) is 5.82 Å². The molecule has 0 saturated heterocycles. The lowest BCUT2D eigenvalue weighted by molar-refractivity contribution is 0.0987. The first-order valence-corrected chi connectivity index (χ1v) is 6.41. The van der Waals surface area contributed by atoms with Gasteiger partial charge in [-0.15, -0.1) is 0 Å². The maximum Gasteiger partial charge on any atom is 0.262 e. The van der Waals surface area contributed by atoms with E-state index >= 15 is 0 Å². The number of nitrogens with one attached hydrogen (secondary N) is 1. The van der Waals surface area contributed by atoms with Crippen LogP contribution in [-0.4, -0.2) is 24.5 Å². The van der Waals surface area contributed by atoms with Crippen LogP contribution in [0.1, 0.15) is 27.6 Å². The van der Waals surface area contributed by atoms with E-state index in [1.54, 1.807) is 6.92 Å². The van der Waals surface area contributed by atoms with Crippen molar-refractivity contribution < 1.29 is 18.4 Å². The van der Waals surface area contributed by atoms with Gasteiger partial charge in [-0.1, -0.05) is 13.0 Å². The highest BCUT2D eigenvalue weighted by molar-refractivity contribution is 6.27. The first-order chi connectivity index (χ1) is 10.4. The minimum absolute atomic E-state index is 0.0638. The monoisotopic (exact) mass is 300 g/mol. The van der Waals surface area contributed by atoms with Crippen molar-refractivity contribution in [3.05, 3.63) is 59.3 Å². The Hall–Kier alpha value is -2.57. The van der Waals surface area contributed by atoms with Gasteiger partial charge in [-0.2, -0.15) is 0 Å². The van der Waals surface area contributed by atoms with Crippen molar-refractivity contribution in [3.63, 3.8) is 0 Å². The number of Topliss-reactive ketones (excluding diaryl/α,β-unsaturated/α-hetero) is 1. The van der Waals surface area contributed by atoms with Crippen molar-refractivity contribution in [1.82, 2.24) is 4.98 Å². The summed E-state index contributed by atoms with van der Waals surface area (Å²) in [5, 5.41) is 2.26. The second-order valence-electron chi connectivity index (χ2n) is 4.64. The average molecular weight is 300 g/mol. The van der Waals surface area contributed by atoms with Crippen molar-refractivity contribution in [2.45, 2.75) is 12.7 Å². The van der Waals surface area contributed by atoms with Gasteiger partial charge >= 0.3 is 0 Å². The third-order valence-corrected chi connectivity index (χ3v) is 2.89. The zero-order chi connectivity index (χ0) is 16.3. The van der Waals surface area contributed by atoms with Gasteiger partial charge in [-0.3, -0.25) is 9.59 Å². The average Bonchev–Trinajstić information content (AvgIpc) is 2.47. The number of halogens is 2. The van der Waals surface area contributed by atoms with E-state index in [4.69, 9.17) is 7.85 Å². The van der Waals surface area contributed by atoms with Crippen molar-refractivity contribution in [2.24, 2.45) is 0 Å². The Kier molecular flexibility index (Phi) is 4.65. The molecule has 0 bridgehead atoms. The molecule has 0 fully saturated rings. The highest BCUT2D eigenvalue weighted by atomic mass is 19.1. The summed E-state index contributed by atoms with van der Waals surface area (Å²) in [5.74, 6) is -3.81. The summed E-state index contributed by atoms with van der Waals surface area (Å²) in [5.41, 5.74) is -0.412. The Morgan fingerprint density at radius 1 is 1.18 bits per heavy atom. The third-order valence-electron chi connectivity index (χ3n) is 2.89. The van der Waals surface area contributed by atoms with E-state index in [1.807, 2.05) is 0 Å². The number of benzene rings is 1. The van der Waals surface area contributed by atoms with Crippen LogP contribution in [0, 0.1) is 11.6 Å². The lowest BCUT2D eigenvalue weighted by atomic mass is 9.83. The molecule has 2 rings (SSSR count). The molecule has 0 saturated carbocycles. The highest BCUT2D eigenvalue weighted by Gasteiger charge is 2.17. The normalized spacial score (nSPS) is 11.8. The van der Waals surface area contributed by atoms with Crippen LogP contribution < -0.4 is 5.32 Å². The van der Waals surface area contributed by atoms with E-state index in [1.165, 1.54) is 18.3 Å². The molecule has 1 atom stereocenters. The van der Waals surface area contributed by atoms with Crippen LogP contribution in [0.25, 0.3) is 0 Å². The maximum absolute atomic E-state index is 13.5. The fourth-order valence-electron chi connectivity index (χ4n) is 1.77. The summed E-state index contributed by atoms with van der Waals surface area (Å²) in [6.07, 6.45) is 1.24. The predicted molar refractivity (Wildman–Crippen MR) is 78.1 cm³/mol. The molecular formula is C15H11BF2N2O2. The largest absolute Gasteiger partial charge is 0.306 e. The lowest BCUT2D eigenvalue weighted by Gasteiger charge is -2.08. The number of carbonyl (C=O) groups is 2. The number of hydrogen-bond donors (Lipinski definition) is 1. The topological polar surface area (TPSA) is 59.1 Å². The summed E-state index contributed by atoms with van der Waals surface area (Å²) in [6, 6.07) is 5.90. The summed E-state index contributed by atoms with van der Waals surface area (Å²) >= 11 is 0. The Labute approximate surface area is 127 Å². The van der Waals surface area contributed by atoms with Gasteiger partial charge in [0.05, 0.1) is 7.85 Å². The number of hydrogen-bond acceptors (Lipinski definition) is 3. The fraction of sp³-hybridized carbons (Fsp3) is 0.133. The Morgan fingerprint density at radius 3 is 2.32 bits per heavy atom. The number of rotatable bonds is 4. The van der Waals surface area contributed by atoms with Crippen molar-refractivity contribution in [1.29, 1.82) is 0 Å². The van der Waals surface area contributed by atoms with Gasteiger partial charge in [0.2, 0.25) is 0 Å². The molecule has 1 unspecified atom stereocenters. The molecule has 1 aromatic carbocycles. The van der Waals surface area contributed by atoms with E-state index in [2.05, 4.69) is 10.3 Å². The molecule has 1 N–H and O–H groups in total. The number of ketones is 1. The molecule has 2 aromatic rings. The number of anilines is 1. The summed E-state index contributed by atoms with van der Waals surface area (Å²) in [4.78, 5) is 27.4. The van der Waals surface area contributed by atoms with Crippen LogP contribution in [0.3, 0.4) is 0 Å². The van der Waals surface area contributed by atoms with E-state index in [-0.39, 0.29) is 17.2 Å². The molecule has 110 valence electrons. The van der Waals surface area contributed by atoms with E-state index < -0.39 is 28.9 Å². The van der Waals surface area contributed by atoms with Gasteiger partial charge in [-0.05, 0) is 30.1 Å². The number of amides is 1. The molecular weight excluding hydrogens is 289 g/mol. The minimum atomic E-state index is -0.971. The minimum Gasteiger partial charge on any atom is -0.306 e. The Bertz CT molecular complexity index is 698. The van der Waals surface area contributed by atoms with Gasteiger partial charge in [-0.25, -0.2) is 13.8 Å². The maximum atomic E-state index is 13.5. The molecule has 1 aromatic heterocycles. The van der Waals surface area contributed by atoms with E-state index in [9.17, 15) is 18.4 Å². The quantitative estimate of drug-likeness (QED) is 0.697.